The van der Waals surface area contributed by atoms with E-state index in [1.54, 1.807) is 4.90 Å². The third-order valence-electron chi connectivity index (χ3n) is 5.87. The van der Waals surface area contributed by atoms with Gasteiger partial charge in [0.25, 0.3) is 5.92 Å². The van der Waals surface area contributed by atoms with E-state index in [1.807, 2.05) is 0 Å². The van der Waals surface area contributed by atoms with E-state index in [9.17, 15) is 13.2 Å². The van der Waals surface area contributed by atoms with Gasteiger partial charge < -0.3 is 4.90 Å². The minimum absolute atomic E-state index is 0.180. The second-order valence-electron chi connectivity index (χ2n) is 8.52. The first-order valence-corrected chi connectivity index (χ1v) is 12.0. The van der Waals surface area contributed by atoms with Gasteiger partial charge in [-0.1, -0.05) is 47.5 Å². The van der Waals surface area contributed by atoms with Crippen molar-refractivity contribution in [2.75, 3.05) is 18.0 Å². The highest BCUT2D eigenvalue weighted by Gasteiger charge is 2.41. The number of hydrogen-bond donors (Lipinski definition) is 0. The van der Waals surface area contributed by atoms with Gasteiger partial charge in [-0.2, -0.15) is 0 Å². The predicted octanol–water partition coefficient (Wildman–Crippen LogP) is 6.03. The van der Waals surface area contributed by atoms with E-state index in [0.29, 0.717) is 28.1 Å². The molecule has 6 heteroatoms. The van der Waals surface area contributed by atoms with Crippen LogP contribution < -0.4 is 4.90 Å². The summed E-state index contributed by atoms with van der Waals surface area (Å²) in [5.74, 6) is 0.496. The first-order chi connectivity index (χ1) is 12.5. The number of halogens is 3. The van der Waals surface area contributed by atoms with Crippen LogP contribution in [0, 0.1) is 17.3 Å². The number of nitrogens with zero attached hydrogens (tertiary/aromatic N) is 2. The van der Waals surface area contributed by atoms with Gasteiger partial charge in [0.1, 0.15) is 25.4 Å². The Balaban J connectivity index is 2.36. The van der Waals surface area contributed by atoms with Crippen molar-refractivity contribution >= 4 is 13.9 Å². The van der Waals surface area contributed by atoms with Crippen molar-refractivity contribution in [3.05, 3.63) is 23.6 Å². The van der Waals surface area contributed by atoms with Crippen molar-refractivity contribution in [1.82, 2.24) is 4.98 Å². The SMILES string of the molecule is CC(C)[Si](C#Cc1cc(F)cc(N2CCC(F)(F)CC2)n1)(C(C)C)C(C)C. The lowest BCUT2D eigenvalue weighted by molar-refractivity contribution is -0.0221. The Morgan fingerprint density at radius 2 is 1.52 bits per heavy atom. The fourth-order valence-corrected chi connectivity index (χ4v) is 9.59. The minimum atomic E-state index is -2.64. The topological polar surface area (TPSA) is 16.1 Å². The molecular weight excluding hydrogens is 365 g/mol. The molecule has 1 aliphatic rings. The van der Waals surface area contributed by atoms with Crippen molar-refractivity contribution in [2.24, 2.45) is 0 Å². The summed E-state index contributed by atoms with van der Waals surface area (Å²) in [5, 5.41) is 0. The average Bonchev–Trinajstić information content (AvgIpc) is 2.53. The summed E-state index contributed by atoms with van der Waals surface area (Å²) >= 11 is 0. The standard InChI is InChI=1S/C21H31F3N2Si/c1-15(2)27(16(3)4,17(5)6)12-7-19-13-18(22)14-20(25-19)26-10-8-21(23,24)9-11-26/h13-17H,8-11H2,1-6H3. The first kappa shape index (κ1) is 21.8. The molecule has 2 nitrogen and oxygen atoms in total. The van der Waals surface area contributed by atoms with Gasteiger partial charge in [-0.15, -0.1) is 5.54 Å². The van der Waals surface area contributed by atoms with Gasteiger partial charge in [-0.05, 0) is 16.6 Å². The summed E-state index contributed by atoms with van der Waals surface area (Å²) in [7, 11) is -1.94. The van der Waals surface area contributed by atoms with Crippen molar-refractivity contribution in [2.45, 2.75) is 76.9 Å². The summed E-state index contributed by atoms with van der Waals surface area (Å²) in [6.45, 7) is 13.7. The van der Waals surface area contributed by atoms with Crippen molar-refractivity contribution in [3.63, 3.8) is 0 Å². The molecule has 0 aromatic carbocycles. The predicted molar refractivity (Wildman–Crippen MR) is 109 cm³/mol. The van der Waals surface area contributed by atoms with Gasteiger partial charge in [0.15, 0.2) is 0 Å². The fourth-order valence-electron chi connectivity index (χ4n) is 4.38. The lowest BCUT2D eigenvalue weighted by atomic mass is 10.1. The van der Waals surface area contributed by atoms with Gasteiger partial charge >= 0.3 is 0 Å². The van der Waals surface area contributed by atoms with Crippen molar-refractivity contribution in [1.29, 1.82) is 0 Å². The van der Waals surface area contributed by atoms with E-state index >= 15 is 0 Å². The Hall–Kier alpha value is -1.48. The molecular formula is C21H31F3N2Si. The van der Waals surface area contributed by atoms with Crippen molar-refractivity contribution < 1.29 is 13.2 Å². The van der Waals surface area contributed by atoms with Crippen LogP contribution in [0.25, 0.3) is 0 Å². The van der Waals surface area contributed by atoms with Gasteiger partial charge in [-0.3, -0.25) is 0 Å². The summed E-state index contributed by atoms with van der Waals surface area (Å²) in [5.41, 5.74) is 5.35. The van der Waals surface area contributed by atoms with E-state index in [0.717, 1.165) is 0 Å². The number of aromatic nitrogens is 1. The van der Waals surface area contributed by atoms with E-state index in [-0.39, 0.29) is 25.9 Å². The average molecular weight is 397 g/mol. The molecule has 0 aliphatic carbocycles. The second-order valence-corrected chi connectivity index (χ2v) is 14.1. The molecule has 1 aromatic rings. The molecule has 0 atom stereocenters. The van der Waals surface area contributed by atoms with Crippen LogP contribution in [0.3, 0.4) is 0 Å². The minimum Gasteiger partial charge on any atom is -0.356 e. The fraction of sp³-hybridized carbons (Fsp3) is 0.667. The zero-order valence-corrected chi connectivity index (χ0v) is 18.2. The molecule has 0 radical (unpaired) electrons. The summed E-state index contributed by atoms with van der Waals surface area (Å²) in [6.07, 6.45) is -0.452. The van der Waals surface area contributed by atoms with Crippen LogP contribution >= 0.6 is 0 Å². The number of rotatable bonds is 4. The molecule has 0 unspecified atom stereocenters. The number of alkyl halides is 2. The van der Waals surface area contributed by atoms with Crippen LogP contribution in [-0.4, -0.2) is 32.1 Å². The maximum Gasteiger partial charge on any atom is 0.251 e. The zero-order valence-electron chi connectivity index (χ0n) is 17.2. The molecule has 0 amide bonds. The van der Waals surface area contributed by atoms with Crippen LogP contribution in [0.15, 0.2) is 12.1 Å². The van der Waals surface area contributed by atoms with Gasteiger partial charge in [0.2, 0.25) is 0 Å². The van der Waals surface area contributed by atoms with Crippen LogP contribution in [0.5, 0.6) is 0 Å². The second kappa shape index (κ2) is 8.26. The Bertz CT molecular complexity index is 688. The quantitative estimate of drug-likeness (QED) is 0.456. The van der Waals surface area contributed by atoms with Gasteiger partial charge in [0, 0.05) is 38.1 Å². The Morgan fingerprint density at radius 3 is 2.00 bits per heavy atom. The van der Waals surface area contributed by atoms with E-state index in [1.165, 1.54) is 12.1 Å². The number of piperidine rings is 1. The Labute approximate surface area is 162 Å². The summed E-state index contributed by atoms with van der Waals surface area (Å²) in [4.78, 5) is 6.20. The Kier molecular flexibility index (Phi) is 6.67. The number of hydrogen-bond acceptors (Lipinski definition) is 2. The molecule has 1 fully saturated rings. The maximum absolute atomic E-state index is 14.2. The van der Waals surface area contributed by atoms with Crippen LogP contribution in [0.1, 0.15) is 60.1 Å². The third kappa shape index (κ3) is 4.87. The monoisotopic (exact) mass is 396 g/mol. The van der Waals surface area contributed by atoms with E-state index in [2.05, 4.69) is 58.0 Å². The molecule has 1 aromatic heterocycles. The maximum atomic E-state index is 14.2. The van der Waals surface area contributed by atoms with E-state index < -0.39 is 19.8 Å². The summed E-state index contributed by atoms with van der Waals surface area (Å²) < 4.78 is 40.9. The van der Waals surface area contributed by atoms with Gasteiger partial charge in [0.05, 0.1) is 0 Å². The molecule has 2 rings (SSSR count). The zero-order chi connectivity index (χ0) is 20.4. The lowest BCUT2D eigenvalue weighted by Crippen LogP contribution is -2.43. The molecule has 0 spiro atoms. The molecule has 0 saturated carbocycles. The molecule has 27 heavy (non-hydrogen) atoms. The van der Waals surface area contributed by atoms with Crippen LogP contribution in [-0.2, 0) is 0 Å². The smallest absolute Gasteiger partial charge is 0.251 e. The van der Waals surface area contributed by atoms with E-state index in [4.69, 9.17) is 0 Å². The molecule has 1 aliphatic heterocycles. The Morgan fingerprint density at radius 1 is 1.00 bits per heavy atom. The molecule has 1 saturated heterocycles. The van der Waals surface area contributed by atoms with Crippen LogP contribution in [0.2, 0.25) is 16.6 Å². The highest BCUT2D eigenvalue weighted by atomic mass is 28.3. The molecule has 150 valence electrons. The number of anilines is 1. The molecule has 0 N–H and O–H groups in total. The molecule has 0 bridgehead atoms. The molecule has 2 heterocycles. The normalized spacial score (nSPS) is 17.4. The largest absolute Gasteiger partial charge is 0.356 e. The first-order valence-electron chi connectivity index (χ1n) is 9.81. The van der Waals surface area contributed by atoms with Crippen LogP contribution in [0.4, 0.5) is 19.0 Å². The van der Waals surface area contributed by atoms with Crippen molar-refractivity contribution in [3.8, 4) is 11.5 Å². The lowest BCUT2D eigenvalue weighted by Gasteiger charge is -2.38. The third-order valence-corrected chi connectivity index (χ3v) is 12.2. The number of pyridine rings is 1. The highest BCUT2D eigenvalue weighted by molar-refractivity contribution is 6.90. The van der Waals surface area contributed by atoms with Gasteiger partial charge in [-0.25, -0.2) is 18.2 Å². The summed E-state index contributed by atoms with van der Waals surface area (Å²) in [6, 6.07) is 2.65. The highest BCUT2D eigenvalue weighted by Crippen LogP contribution is 2.40.